The number of nitrogens with one attached hydrogen (secondary N) is 1. The molecule has 0 aliphatic carbocycles. The Bertz CT molecular complexity index is 904. The Labute approximate surface area is 136 Å². The number of phenolic OH excluding ortho intramolecular Hbond substituents is 2. The average Bonchev–Trinajstić information content (AvgIpc) is 3.18. The molecule has 1 aliphatic rings. The first-order valence-corrected chi connectivity index (χ1v) is 7.46. The molecule has 1 fully saturated rings. The van der Waals surface area contributed by atoms with Crippen molar-refractivity contribution in [2.75, 3.05) is 11.9 Å². The number of rotatable bonds is 3. The fourth-order valence-electron chi connectivity index (χ4n) is 2.74. The third kappa shape index (κ3) is 2.44. The fraction of sp³-hybridized carbons (Fsp3) is 0.267. The maximum Gasteiger partial charge on any atom is 0.318 e. The molecule has 4 rings (SSSR count). The minimum atomic E-state index is -0.414. The number of imidazole rings is 1. The molecule has 0 amide bonds. The van der Waals surface area contributed by atoms with Gasteiger partial charge in [0.1, 0.15) is 17.7 Å². The summed E-state index contributed by atoms with van der Waals surface area (Å²) in [5, 5.41) is 32.0. The number of nitrogens with zero attached hydrogens (tertiary/aromatic N) is 4. The van der Waals surface area contributed by atoms with E-state index >= 15 is 0 Å². The van der Waals surface area contributed by atoms with Crippen LogP contribution in [0.5, 0.6) is 17.5 Å². The van der Waals surface area contributed by atoms with Crippen LogP contribution in [0.4, 0.5) is 11.5 Å². The largest absolute Gasteiger partial charge is 0.508 e. The van der Waals surface area contributed by atoms with E-state index in [1.165, 1.54) is 18.2 Å². The van der Waals surface area contributed by atoms with Crippen molar-refractivity contribution < 1.29 is 20.1 Å². The Balaban J connectivity index is 1.77. The molecule has 0 bridgehead atoms. The van der Waals surface area contributed by atoms with Crippen LogP contribution in [-0.4, -0.2) is 41.4 Å². The van der Waals surface area contributed by atoms with Gasteiger partial charge >= 0.3 is 6.01 Å². The van der Waals surface area contributed by atoms with E-state index in [4.69, 9.17) is 4.74 Å². The molecule has 4 N–H and O–H groups in total. The van der Waals surface area contributed by atoms with Crippen molar-refractivity contribution >= 4 is 22.7 Å². The molecule has 9 heteroatoms. The second-order valence-electron chi connectivity index (χ2n) is 5.49. The summed E-state index contributed by atoms with van der Waals surface area (Å²) in [7, 11) is 0. The third-order valence-corrected chi connectivity index (χ3v) is 3.86. The lowest BCUT2D eigenvalue weighted by molar-refractivity contribution is 0.0592. The molecule has 1 atom stereocenters. The highest BCUT2D eigenvalue weighted by Gasteiger charge is 2.22. The molecule has 9 nitrogen and oxygen atoms in total. The van der Waals surface area contributed by atoms with Crippen molar-refractivity contribution in [1.29, 1.82) is 0 Å². The van der Waals surface area contributed by atoms with E-state index in [0.717, 1.165) is 12.8 Å². The number of benzene rings is 1. The molecular formula is C15H15N5O4. The van der Waals surface area contributed by atoms with Crippen molar-refractivity contribution in [3.8, 4) is 17.5 Å². The maximum absolute atomic E-state index is 9.90. The van der Waals surface area contributed by atoms with Gasteiger partial charge in [-0.1, -0.05) is 0 Å². The SMILES string of the molecule is Oc1ccc(Nc2nc(O)nc3c2ncn3C2CCCO2)c(O)c1. The smallest absolute Gasteiger partial charge is 0.318 e. The summed E-state index contributed by atoms with van der Waals surface area (Å²) < 4.78 is 7.38. The number of phenols is 2. The molecule has 1 saturated heterocycles. The maximum atomic E-state index is 9.90. The van der Waals surface area contributed by atoms with Crippen LogP contribution in [0.1, 0.15) is 19.1 Å². The van der Waals surface area contributed by atoms with Crippen LogP contribution in [0.25, 0.3) is 11.2 Å². The first-order valence-electron chi connectivity index (χ1n) is 7.46. The number of hydrogen-bond acceptors (Lipinski definition) is 8. The average molecular weight is 329 g/mol. The predicted octanol–water partition coefficient (Wildman–Crippen LogP) is 2.00. The Kier molecular flexibility index (Phi) is 3.35. The molecule has 3 heterocycles. The molecule has 124 valence electrons. The third-order valence-electron chi connectivity index (χ3n) is 3.86. The Morgan fingerprint density at radius 2 is 2.08 bits per heavy atom. The zero-order valence-corrected chi connectivity index (χ0v) is 12.5. The highest BCUT2D eigenvalue weighted by molar-refractivity contribution is 5.86. The number of hydrogen-bond donors (Lipinski definition) is 4. The summed E-state index contributed by atoms with van der Waals surface area (Å²) in [4.78, 5) is 12.3. The number of anilines is 2. The van der Waals surface area contributed by atoms with Crippen LogP contribution in [0.3, 0.4) is 0 Å². The summed E-state index contributed by atoms with van der Waals surface area (Å²) >= 11 is 0. The minimum absolute atomic E-state index is 0.0589. The first kappa shape index (κ1) is 14.5. The molecular weight excluding hydrogens is 314 g/mol. The lowest BCUT2D eigenvalue weighted by Crippen LogP contribution is -2.07. The molecule has 2 aromatic heterocycles. The van der Waals surface area contributed by atoms with E-state index in [-0.39, 0.29) is 23.5 Å². The van der Waals surface area contributed by atoms with Gasteiger partial charge in [0.05, 0.1) is 12.0 Å². The number of fused-ring (bicyclic) bond motifs is 1. The van der Waals surface area contributed by atoms with Crippen LogP contribution < -0.4 is 5.32 Å². The van der Waals surface area contributed by atoms with Gasteiger partial charge in [-0.05, 0) is 25.0 Å². The van der Waals surface area contributed by atoms with Gasteiger partial charge in [0.2, 0.25) is 0 Å². The van der Waals surface area contributed by atoms with Crippen molar-refractivity contribution in [3.05, 3.63) is 24.5 Å². The van der Waals surface area contributed by atoms with Crippen LogP contribution >= 0.6 is 0 Å². The standard InChI is InChI=1S/C15H15N5O4/c21-8-3-4-9(10(22)6-8)17-13-12-14(19-15(23)18-13)20(7-16-12)11-2-1-5-24-11/h3-4,6-7,11,21-22H,1-2,5H2,(H2,17,18,19,23). The van der Waals surface area contributed by atoms with Gasteiger partial charge in [0.15, 0.2) is 17.0 Å². The summed E-state index contributed by atoms with van der Waals surface area (Å²) in [5.74, 6) is 0.0337. The Hall–Kier alpha value is -3.07. The molecule has 1 aliphatic heterocycles. The summed E-state index contributed by atoms with van der Waals surface area (Å²) in [6.45, 7) is 0.674. The van der Waals surface area contributed by atoms with Gasteiger partial charge in [-0.25, -0.2) is 4.98 Å². The molecule has 24 heavy (non-hydrogen) atoms. The van der Waals surface area contributed by atoms with Crippen LogP contribution in [-0.2, 0) is 4.74 Å². The highest BCUT2D eigenvalue weighted by Crippen LogP contribution is 2.33. The second-order valence-corrected chi connectivity index (χ2v) is 5.49. The topological polar surface area (TPSA) is 126 Å². The van der Waals surface area contributed by atoms with E-state index in [1.807, 2.05) is 0 Å². The molecule has 0 saturated carbocycles. The summed E-state index contributed by atoms with van der Waals surface area (Å²) in [6, 6.07) is 3.70. The summed E-state index contributed by atoms with van der Waals surface area (Å²) in [6.07, 6.45) is 3.22. The second kappa shape index (κ2) is 5.53. The van der Waals surface area contributed by atoms with Crippen molar-refractivity contribution in [2.45, 2.75) is 19.1 Å². The van der Waals surface area contributed by atoms with Crippen LogP contribution in [0.15, 0.2) is 24.5 Å². The van der Waals surface area contributed by atoms with Gasteiger partial charge in [0.25, 0.3) is 0 Å². The van der Waals surface area contributed by atoms with E-state index in [1.54, 1.807) is 10.9 Å². The predicted molar refractivity (Wildman–Crippen MR) is 84.3 cm³/mol. The molecule has 0 spiro atoms. The zero-order valence-electron chi connectivity index (χ0n) is 12.5. The van der Waals surface area contributed by atoms with Crippen LogP contribution in [0.2, 0.25) is 0 Å². The van der Waals surface area contributed by atoms with E-state index in [0.29, 0.717) is 23.5 Å². The van der Waals surface area contributed by atoms with Gasteiger partial charge in [-0.3, -0.25) is 4.57 Å². The van der Waals surface area contributed by atoms with E-state index in [2.05, 4.69) is 20.3 Å². The minimum Gasteiger partial charge on any atom is -0.508 e. The highest BCUT2D eigenvalue weighted by atomic mass is 16.5. The lowest BCUT2D eigenvalue weighted by atomic mass is 10.2. The Morgan fingerprint density at radius 3 is 2.83 bits per heavy atom. The lowest BCUT2D eigenvalue weighted by Gasteiger charge is -2.12. The molecule has 0 radical (unpaired) electrons. The van der Waals surface area contributed by atoms with Gasteiger partial charge in [-0.15, -0.1) is 0 Å². The number of aromatic hydroxyl groups is 3. The number of ether oxygens (including phenoxy) is 1. The van der Waals surface area contributed by atoms with Gasteiger partial charge in [-0.2, -0.15) is 9.97 Å². The van der Waals surface area contributed by atoms with Crippen LogP contribution in [0, 0.1) is 0 Å². The van der Waals surface area contributed by atoms with Crippen molar-refractivity contribution in [1.82, 2.24) is 19.5 Å². The Morgan fingerprint density at radius 1 is 1.21 bits per heavy atom. The quantitative estimate of drug-likeness (QED) is 0.424. The van der Waals surface area contributed by atoms with E-state index < -0.39 is 6.01 Å². The van der Waals surface area contributed by atoms with Crippen molar-refractivity contribution in [3.63, 3.8) is 0 Å². The molecule has 1 unspecified atom stereocenters. The van der Waals surface area contributed by atoms with Crippen molar-refractivity contribution in [2.24, 2.45) is 0 Å². The molecule has 3 aromatic rings. The van der Waals surface area contributed by atoms with Gasteiger partial charge < -0.3 is 25.4 Å². The molecule has 1 aromatic carbocycles. The zero-order chi connectivity index (χ0) is 16.7. The van der Waals surface area contributed by atoms with E-state index in [9.17, 15) is 15.3 Å². The monoisotopic (exact) mass is 329 g/mol. The number of aromatic nitrogens is 4. The summed E-state index contributed by atoms with van der Waals surface area (Å²) in [5.41, 5.74) is 1.20. The fourth-order valence-corrected chi connectivity index (χ4v) is 2.74. The first-order chi connectivity index (χ1) is 11.6. The van der Waals surface area contributed by atoms with Gasteiger partial charge in [0, 0.05) is 12.7 Å². The normalized spacial score (nSPS) is 17.4.